The van der Waals surface area contributed by atoms with Crippen LogP contribution in [0, 0.1) is 3.57 Å². The predicted octanol–water partition coefficient (Wildman–Crippen LogP) is 2.48. The lowest BCUT2D eigenvalue weighted by molar-refractivity contribution is 0.766. The van der Waals surface area contributed by atoms with Crippen LogP contribution >= 0.6 is 34.2 Å². The van der Waals surface area contributed by atoms with Gasteiger partial charge in [-0.3, -0.25) is 0 Å². The molecule has 78 valence electrons. The summed E-state index contributed by atoms with van der Waals surface area (Å²) in [7, 11) is 0. The maximum absolute atomic E-state index is 6.13. The zero-order valence-corrected chi connectivity index (χ0v) is 10.9. The Bertz CT molecular complexity index is 483. The van der Waals surface area contributed by atoms with Gasteiger partial charge in [0.15, 0.2) is 5.82 Å². The van der Waals surface area contributed by atoms with Crippen molar-refractivity contribution < 1.29 is 0 Å². The Hall–Kier alpha value is -0.690. The fraction of sp³-hybridized carbons (Fsp3) is 0.222. The number of hydrogen-bond donors (Lipinski definition) is 0. The van der Waals surface area contributed by atoms with Crippen LogP contribution in [0.25, 0.3) is 5.69 Å². The van der Waals surface area contributed by atoms with Gasteiger partial charge in [-0.25, -0.2) is 0 Å². The van der Waals surface area contributed by atoms with Crippen LogP contribution in [0.2, 0.25) is 5.02 Å². The largest absolute Gasteiger partial charge is 0.196 e. The van der Waals surface area contributed by atoms with Crippen molar-refractivity contribution in [2.24, 2.45) is 0 Å². The minimum Gasteiger partial charge on any atom is -0.196 e. The van der Waals surface area contributed by atoms with E-state index < -0.39 is 0 Å². The highest BCUT2D eigenvalue weighted by Gasteiger charge is 2.09. The van der Waals surface area contributed by atoms with Gasteiger partial charge in [0.2, 0.25) is 0 Å². The molecule has 0 radical (unpaired) electrons. The van der Waals surface area contributed by atoms with Crippen molar-refractivity contribution in [2.45, 2.75) is 13.3 Å². The van der Waals surface area contributed by atoms with E-state index in [0.717, 1.165) is 21.5 Å². The first-order valence-electron chi connectivity index (χ1n) is 4.45. The van der Waals surface area contributed by atoms with Crippen molar-refractivity contribution in [1.82, 2.24) is 20.2 Å². The molecule has 0 saturated heterocycles. The Morgan fingerprint density at radius 3 is 2.93 bits per heavy atom. The van der Waals surface area contributed by atoms with E-state index in [1.165, 1.54) is 0 Å². The van der Waals surface area contributed by atoms with Crippen LogP contribution in [-0.4, -0.2) is 20.2 Å². The number of nitrogens with zero attached hydrogens (tertiary/aromatic N) is 4. The summed E-state index contributed by atoms with van der Waals surface area (Å²) in [6.45, 7) is 2.00. The zero-order chi connectivity index (χ0) is 10.8. The first-order valence-corrected chi connectivity index (χ1v) is 5.90. The SMILES string of the molecule is CCc1nnnn1-c1ccc(I)cc1Cl. The monoisotopic (exact) mass is 334 g/mol. The van der Waals surface area contributed by atoms with E-state index in [2.05, 4.69) is 38.1 Å². The lowest BCUT2D eigenvalue weighted by atomic mass is 10.3. The van der Waals surface area contributed by atoms with E-state index in [-0.39, 0.29) is 0 Å². The van der Waals surface area contributed by atoms with Crippen molar-refractivity contribution in [3.05, 3.63) is 32.6 Å². The fourth-order valence-electron chi connectivity index (χ4n) is 1.27. The molecular formula is C9H8ClIN4. The lowest BCUT2D eigenvalue weighted by Gasteiger charge is -2.05. The molecule has 0 amide bonds. The number of rotatable bonds is 2. The quantitative estimate of drug-likeness (QED) is 0.793. The Morgan fingerprint density at radius 1 is 1.47 bits per heavy atom. The molecule has 15 heavy (non-hydrogen) atoms. The minimum absolute atomic E-state index is 0.656. The van der Waals surface area contributed by atoms with Crippen LogP contribution < -0.4 is 0 Å². The number of halogens is 2. The molecule has 0 unspecified atom stereocenters. The summed E-state index contributed by atoms with van der Waals surface area (Å²) in [6.07, 6.45) is 0.773. The standard InChI is InChI=1S/C9H8ClIN4/c1-2-9-12-13-14-15(9)8-4-3-6(11)5-7(8)10/h3-5H,2H2,1H3. The minimum atomic E-state index is 0.656. The van der Waals surface area contributed by atoms with Crippen LogP contribution in [0.5, 0.6) is 0 Å². The van der Waals surface area contributed by atoms with Gasteiger partial charge < -0.3 is 0 Å². The van der Waals surface area contributed by atoms with E-state index in [0.29, 0.717) is 5.02 Å². The molecule has 1 aromatic carbocycles. The third-order valence-electron chi connectivity index (χ3n) is 1.99. The maximum Gasteiger partial charge on any atom is 0.156 e. The van der Waals surface area contributed by atoms with Crippen molar-refractivity contribution in [1.29, 1.82) is 0 Å². The zero-order valence-electron chi connectivity index (χ0n) is 7.98. The van der Waals surface area contributed by atoms with E-state index >= 15 is 0 Å². The first kappa shape index (κ1) is 10.8. The van der Waals surface area contributed by atoms with Crippen LogP contribution in [0.15, 0.2) is 18.2 Å². The van der Waals surface area contributed by atoms with Gasteiger partial charge in [-0.1, -0.05) is 18.5 Å². The molecule has 1 heterocycles. The van der Waals surface area contributed by atoms with E-state index in [1.807, 2.05) is 25.1 Å². The van der Waals surface area contributed by atoms with Gasteiger partial charge >= 0.3 is 0 Å². The summed E-state index contributed by atoms with van der Waals surface area (Å²) in [6, 6.07) is 5.78. The molecule has 6 heteroatoms. The highest BCUT2D eigenvalue weighted by atomic mass is 127. The number of benzene rings is 1. The van der Waals surface area contributed by atoms with Gasteiger partial charge in [0.25, 0.3) is 0 Å². The molecule has 0 aliphatic carbocycles. The lowest BCUT2D eigenvalue weighted by Crippen LogP contribution is -2.02. The van der Waals surface area contributed by atoms with Gasteiger partial charge in [0, 0.05) is 9.99 Å². The van der Waals surface area contributed by atoms with Gasteiger partial charge in [-0.15, -0.1) is 5.10 Å². The van der Waals surface area contributed by atoms with Crippen molar-refractivity contribution in [2.75, 3.05) is 0 Å². The maximum atomic E-state index is 6.13. The second kappa shape index (κ2) is 4.44. The molecule has 0 saturated carbocycles. The van der Waals surface area contributed by atoms with Gasteiger partial charge in [-0.2, -0.15) is 4.68 Å². The highest BCUT2D eigenvalue weighted by molar-refractivity contribution is 14.1. The van der Waals surface area contributed by atoms with Crippen molar-refractivity contribution in [3.63, 3.8) is 0 Å². The van der Waals surface area contributed by atoms with Crippen LogP contribution in [-0.2, 0) is 6.42 Å². The Kier molecular flexibility index (Phi) is 3.20. The smallest absolute Gasteiger partial charge is 0.156 e. The van der Waals surface area contributed by atoms with E-state index in [1.54, 1.807) is 4.68 Å². The summed E-state index contributed by atoms with van der Waals surface area (Å²) in [4.78, 5) is 0. The molecule has 0 fully saturated rings. The van der Waals surface area contributed by atoms with E-state index in [4.69, 9.17) is 11.6 Å². The summed E-state index contributed by atoms with van der Waals surface area (Å²) in [5.74, 6) is 0.804. The van der Waals surface area contributed by atoms with Crippen molar-refractivity contribution in [3.8, 4) is 5.69 Å². The van der Waals surface area contributed by atoms with E-state index in [9.17, 15) is 0 Å². The summed E-state index contributed by atoms with van der Waals surface area (Å²) in [5.41, 5.74) is 0.818. The molecule has 0 atom stereocenters. The Labute approximate surface area is 106 Å². The molecule has 1 aromatic heterocycles. The average Bonchev–Trinajstić information content (AvgIpc) is 2.65. The van der Waals surface area contributed by atoms with Gasteiger partial charge in [-0.05, 0) is 51.2 Å². The number of tetrazole rings is 1. The second-order valence-electron chi connectivity index (χ2n) is 2.96. The fourth-order valence-corrected chi connectivity index (χ4v) is 2.20. The summed E-state index contributed by atoms with van der Waals surface area (Å²) < 4.78 is 2.76. The first-order chi connectivity index (χ1) is 7.22. The van der Waals surface area contributed by atoms with Crippen LogP contribution in [0.1, 0.15) is 12.7 Å². The summed E-state index contributed by atoms with van der Waals surface area (Å²) >= 11 is 8.34. The predicted molar refractivity (Wildman–Crippen MR) is 66.3 cm³/mol. The molecule has 0 N–H and O–H groups in total. The Morgan fingerprint density at radius 2 is 2.27 bits per heavy atom. The molecule has 0 aliphatic heterocycles. The number of hydrogen-bond acceptors (Lipinski definition) is 3. The second-order valence-corrected chi connectivity index (χ2v) is 4.61. The van der Waals surface area contributed by atoms with Gasteiger partial charge in [0.05, 0.1) is 10.7 Å². The third kappa shape index (κ3) is 2.12. The molecule has 0 aliphatic rings. The normalized spacial score (nSPS) is 10.6. The average molecular weight is 335 g/mol. The van der Waals surface area contributed by atoms with Crippen molar-refractivity contribution >= 4 is 34.2 Å². The number of aryl methyl sites for hydroxylation is 1. The molecule has 2 rings (SSSR count). The highest BCUT2D eigenvalue weighted by Crippen LogP contribution is 2.22. The number of aromatic nitrogens is 4. The Balaban J connectivity index is 2.54. The molecule has 4 nitrogen and oxygen atoms in total. The topological polar surface area (TPSA) is 43.6 Å². The molecule has 2 aromatic rings. The molecular weight excluding hydrogens is 326 g/mol. The molecule has 0 bridgehead atoms. The van der Waals surface area contributed by atoms with Crippen LogP contribution in [0.3, 0.4) is 0 Å². The molecule has 0 spiro atoms. The van der Waals surface area contributed by atoms with Crippen LogP contribution in [0.4, 0.5) is 0 Å². The summed E-state index contributed by atoms with van der Waals surface area (Å²) in [5, 5.41) is 12.1. The van der Waals surface area contributed by atoms with Gasteiger partial charge in [0.1, 0.15) is 0 Å². The third-order valence-corrected chi connectivity index (χ3v) is 2.96.